The van der Waals surface area contributed by atoms with E-state index in [0.29, 0.717) is 16.2 Å². The molecular formula is C19H22N2O3S2. The van der Waals surface area contributed by atoms with Crippen LogP contribution in [0.1, 0.15) is 28.5 Å². The largest absolute Gasteiger partial charge is 0.321 e. The predicted molar refractivity (Wildman–Crippen MR) is 107 cm³/mol. The van der Waals surface area contributed by atoms with Gasteiger partial charge in [-0.3, -0.25) is 4.79 Å². The maximum atomic E-state index is 12.3. The molecule has 0 aliphatic carbocycles. The van der Waals surface area contributed by atoms with E-state index < -0.39 is 10.0 Å². The third kappa shape index (κ3) is 3.75. The average Bonchev–Trinajstić information content (AvgIpc) is 3.09. The summed E-state index contributed by atoms with van der Waals surface area (Å²) >= 11 is 1.28. The smallest absolute Gasteiger partial charge is 0.251 e. The highest BCUT2D eigenvalue weighted by Crippen LogP contribution is 2.22. The molecule has 0 fully saturated rings. The molecule has 138 valence electrons. The molecule has 0 bridgehead atoms. The number of fused-ring (bicyclic) bond motifs is 1. The van der Waals surface area contributed by atoms with Crippen LogP contribution in [0.3, 0.4) is 0 Å². The van der Waals surface area contributed by atoms with Crippen molar-refractivity contribution in [3.05, 3.63) is 62.3 Å². The summed E-state index contributed by atoms with van der Waals surface area (Å²) in [6, 6.07) is 9.29. The Kier molecular flexibility index (Phi) is 5.32. The van der Waals surface area contributed by atoms with E-state index in [1.54, 1.807) is 6.07 Å². The molecule has 2 aromatic heterocycles. The monoisotopic (exact) mass is 390 g/mol. The summed E-state index contributed by atoms with van der Waals surface area (Å²) in [6.45, 7) is 6.16. The Bertz CT molecular complexity index is 1110. The van der Waals surface area contributed by atoms with Gasteiger partial charge < -0.3 is 4.98 Å². The summed E-state index contributed by atoms with van der Waals surface area (Å²) in [4.78, 5) is 16.3. The van der Waals surface area contributed by atoms with Gasteiger partial charge in [-0.15, -0.1) is 11.3 Å². The van der Waals surface area contributed by atoms with Crippen LogP contribution in [0.15, 0.2) is 39.3 Å². The SMILES string of the molecule is CCc1ccc(S(=O)(=O)NCCc2cc3ccc(C)c(C)c3[nH]c2=O)s1. The molecule has 3 rings (SSSR count). The van der Waals surface area contributed by atoms with Crippen LogP contribution in [0.2, 0.25) is 0 Å². The van der Waals surface area contributed by atoms with Gasteiger partial charge in [-0.2, -0.15) is 0 Å². The van der Waals surface area contributed by atoms with E-state index >= 15 is 0 Å². The lowest BCUT2D eigenvalue weighted by atomic mass is 10.0. The van der Waals surface area contributed by atoms with Crippen LogP contribution in [-0.4, -0.2) is 19.9 Å². The molecule has 3 aromatic rings. The predicted octanol–water partition coefficient (Wildman–Crippen LogP) is 3.29. The quantitative estimate of drug-likeness (QED) is 0.678. The topological polar surface area (TPSA) is 79.0 Å². The van der Waals surface area contributed by atoms with Gasteiger partial charge in [0.25, 0.3) is 5.56 Å². The number of H-pyrrole nitrogens is 1. The van der Waals surface area contributed by atoms with Gasteiger partial charge in [0, 0.05) is 17.0 Å². The van der Waals surface area contributed by atoms with E-state index in [1.165, 1.54) is 11.3 Å². The standard InChI is InChI=1S/C19H22N2O3S2/c1-4-16-7-8-17(25-16)26(23,24)20-10-9-15-11-14-6-5-12(2)13(3)18(14)21-19(15)22/h5-8,11,20H,4,9-10H2,1-3H3,(H,21,22). The Balaban J connectivity index is 1.76. The van der Waals surface area contributed by atoms with E-state index in [1.807, 2.05) is 45.0 Å². The van der Waals surface area contributed by atoms with E-state index in [9.17, 15) is 13.2 Å². The summed E-state index contributed by atoms with van der Waals surface area (Å²) in [5, 5.41) is 0.955. The Morgan fingerprint density at radius 2 is 1.92 bits per heavy atom. The zero-order chi connectivity index (χ0) is 18.9. The minimum Gasteiger partial charge on any atom is -0.321 e. The van der Waals surface area contributed by atoms with Crippen LogP contribution in [0.5, 0.6) is 0 Å². The van der Waals surface area contributed by atoms with Gasteiger partial charge in [0.15, 0.2) is 0 Å². The molecule has 5 nitrogen and oxygen atoms in total. The Labute approximate surface area is 157 Å². The van der Waals surface area contributed by atoms with Gasteiger partial charge in [-0.05, 0) is 61.4 Å². The minimum atomic E-state index is -3.53. The van der Waals surface area contributed by atoms with Gasteiger partial charge in [0.05, 0.1) is 5.52 Å². The lowest BCUT2D eigenvalue weighted by Crippen LogP contribution is -2.27. The first-order valence-electron chi connectivity index (χ1n) is 8.52. The van der Waals surface area contributed by atoms with Crippen LogP contribution in [0.4, 0.5) is 0 Å². The molecule has 0 amide bonds. The molecule has 2 heterocycles. The average molecular weight is 391 g/mol. The summed E-state index contributed by atoms with van der Waals surface area (Å²) in [6.07, 6.45) is 1.15. The van der Waals surface area contributed by atoms with Crippen molar-refractivity contribution < 1.29 is 8.42 Å². The second kappa shape index (κ2) is 7.34. The maximum Gasteiger partial charge on any atom is 0.251 e. The van der Waals surface area contributed by atoms with Gasteiger partial charge >= 0.3 is 0 Å². The van der Waals surface area contributed by atoms with Crippen LogP contribution < -0.4 is 10.3 Å². The first-order chi connectivity index (χ1) is 12.3. The molecule has 0 unspecified atom stereocenters. The highest BCUT2D eigenvalue weighted by molar-refractivity contribution is 7.91. The van der Waals surface area contributed by atoms with Crippen molar-refractivity contribution in [2.45, 2.75) is 37.8 Å². The van der Waals surface area contributed by atoms with Crippen LogP contribution in [0, 0.1) is 13.8 Å². The molecule has 0 saturated carbocycles. The third-order valence-corrected chi connectivity index (χ3v) is 7.75. The van der Waals surface area contributed by atoms with Crippen molar-refractivity contribution in [3.8, 4) is 0 Å². The van der Waals surface area contributed by atoms with E-state index in [2.05, 4.69) is 9.71 Å². The Morgan fingerprint density at radius 3 is 2.62 bits per heavy atom. The van der Waals surface area contributed by atoms with Gasteiger partial charge in [0.2, 0.25) is 10.0 Å². The summed E-state index contributed by atoms with van der Waals surface area (Å²) in [5.41, 5.74) is 3.41. The fourth-order valence-corrected chi connectivity index (χ4v) is 5.21. The number of aryl methyl sites for hydroxylation is 3. The van der Waals surface area contributed by atoms with Crippen LogP contribution in [0.25, 0.3) is 10.9 Å². The lowest BCUT2D eigenvalue weighted by molar-refractivity contribution is 0.583. The molecule has 0 atom stereocenters. The van der Waals surface area contributed by atoms with Crippen molar-refractivity contribution >= 4 is 32.3 Å². The van der Waals surface area contributed by atoms with E-state index in [0.717, 1.165) is 33.3 Å². The number of hydrogen-bond acceptors (Lipinski definition) is 4. The zero-order valence-corrected chi connectivity index (χ0v) is 16.7. The van der Waals surface area contributed by atoms with Crippen molar-refractivity contribution in [2.24, 2.45) is 0 Å². The zero-order valence-electron chi connectivity index (χ0n) is 15.0. The van der Waals surface area contributed by atoms with E-state index in [4.69, 9.17) is 0 Å². The normalized spacial score (nSPS) is 12.0. The second-order valence-electron chi connectivity index (χ2n) is 6.32. The molecule has 2 N–H and O–H groups in total. The van der Waals surface area contributed by atoms with Crippen LogP contribution >= 0.6 is 11.3 Å². The summed E-state index contributed by atoms with van der Waals surface area (Å²) in [7, 11) is -3.53. The number of pyridine rings is 1. The number of nitrogens with one attached hydrogen (secondary N) is 2. The fraction of sp³-hybridized carbons (Fsp3) is 0.316. The molecule has 7 heteroatoms. The third-order valence-electron chi connectivity index (χ3n) is 4.56. The number of rotatable bonds is 6. The summed E-state index contributed by atoms with van der Waals surface area (Å²) in [5.74, 6) is 0. The molecule has 0 aliphatic heterocycles. The van der Waals surface area contributed by atoms with Crippen molar-refractivity contribution in [3.63, 3.8) is 0 Å². The van der Waals surface area contributed by atoms with Gasteiger partial charge in [0.1, 0.15) is 4.21 Å². The second-order valence-corrected chi connectivity index (χ2v) is 9.48. The number of benzene rings is 1. The number of aromatic nitrogens is 1. The fourth-order valence-electron chi connectivity index (χ4n) is 2.84. The van der Waals surface area contributed by atoms with Crippen molar-refractivity contribution in [2.75, 3.05) is 6.54 Å². The van der Waals surface area contributed by atoms with Gasteiger partial charge in [-0.25, -0.2) is 13.1 Å². The van der Waals surface area contributed by atoms with Crippen molar-refractivity contribution in [1.82, 2.24) is 9.71 Å². The number of thiophene rings is 1. The molecule has 0 radical (unpaired) electrons. The molecule has 1 aromatic carbocycles. The van der Waals surface area contributed by atoms with Gasteiger partial charge in [-0.1, -0.05) is 19.1 Å². The minimum absolute atomic E-state index is 0.171. The highest BCUT2D eigenvalue weighted by Gasteiger charge is 2.16. The number of aromatic amines is 1. The number of hydrogen-bond donors (Lipinski definition) is 2. The Hall–Kier alpha value is -1.96. The molecule has 0 spiro atoms. The first-order valence-corrected chi connectivity index (χ1v) is 10.8. The summed E-state index contributed by atoms with van der Waals surface area (Å²) < 4.78 is 27.6. The van der Waals surface area contributed by atoms with Crippen LogP contribution in [-0.2, 0) is 22.9 Å². The lowest BCUT2D eigenvalue weighted by Gasteiger charge is -2.08. The van der Waals surface area contributed by atoms with E-state index in [-0.39, 0.29) is 12.1 Å². The molecule has 0 aliphatic rings. The highest BCUT2D eigenvalue weighted by atomic mass is 32.2. The Morgan fingerprint density at radius 1 is 1.15 bits per heavy atom. The number of sulfonamides is 1. The maximum absolute atomic E-state index is 12.3. The first kappa shape index (κ1) is 18.8. The molecule has 0 saturated heterocycles. The molecule has 26 heavy (non-hydrogen) atoms. The molecular weight excluding hydrogens is 368 g/mol. The van der Waals surface area contributed by atoms with Crippen molar-refractivity contribution in [1.29, 1.82) is 0 Å².